The molecule has 2 atom stereocenters. The van der Waals surface area contributed by atoms with Crippen molar-refractivity contribution in [3.63, 3.8) is 0 Å². The minimum Gasteiger partial charge on any atom is -0.480 e. The van der Waals surface area contributed by atoms with Gasteiger partial charge in [0.2, 0.25) is 5.91 Å². The summed E-state index contributed by atoms with van der Waals surface area (Å²) < 4.78 is 11.2. The molecule has 0 radical (unpaired) electrons. The average molecular weight is 534 g/mol. The van der Waals surface area contributed by atoms with E-state index in [1.54, 1.807) is 0 Å². The number of carbonyl (C=O) groups is 3. The highest BCUT2D eigenvalue weighted by molar-refractivity contribution is 5.84. The van der Waals surface area contributed by atoms with E-state index in [4.69, 9.17) is 9.47 Å². The number of nitrogens with one attached hydrogen (secondary N) is 1. The number of esters is 1. The molecule has 0 spiro atoms. The predicted molar refractivity (Wildman–Crippen MR) is 151 cm³/mol. The molecule has 7 nitrogen and oxygen atoms in total. The van der Waals surface area contributed by atoms with Crippen molar-refractivity contribution in [1.29, 1.82) is 0 Å². The van der Waals surface area contributed by atoms with E-state index >= 15 is 0 Å². The second kappa shape index (κ2) is 22.6. The minimum absolute atomic E-state index is 0.0415. The highest BCUT2D eigenvalue weighted by atomic mass is 16.5. The normalized spacial score (nSPS) is 12.6. The van der Waals surface area contributed by atoms with Gasteiger partial charge in [-0.25, -0.2) is 4.79 Å². The van der Waals surface area contributed by atoms with Crippen LogP contribution in [0.1, 0.15) is 122 Å². The molecule has 1 amide bonds. The number of carboxylic acid groups (broad SMARTS) is 1. The lowest BCUT2D eigenvalue weighted by Gasteiger charge is -2.20. The Morgan fingerprint density at radius 2 is 1.39 bits per heavy atom. The van der Waals surface area contributed by atoms with E-state index in [0.717, 1.165) is 50.5 Å². The first-order chi connectivity index (χ1) is 18.5. The topological polar surface area (TPSA) is 102 Å². The number of carboxylic acids is 1. The first kappa shape index (κ1) is 33.6. The summed E-state index contributed by atoms with van der Waals surface area (Å²) in [5.41, 5.74) is 0.926. The lowest BCUT2D eigenvalue weighted by Crippen LogP contribution is -2.45. The van der Waals surface area contributed by atoms with Crippen LogP contribution in [-0.4, -0.2) is 41.7 Å². The van der Waals surface area contributed by atoms with Gasteiger partial charge in [-0.1, -0.05) is 115 Å². The smallest absolute Gasteiger partial charge is 0.328 e. The Bertz CT molecular complexity index is 754. The van der Waals surface area contributed by atoms with Gasteiger partial charge in [-0.3, -0.25) is 9.59 Å². The predicted octanol–water partition coefficient (Wildman–Crippen LogP) is 6.97. The molecule has 1 rings (SSSR count). The summed E-state index contributed by atoms with van der Waals surface area (Å²) in [6.07, 6.45) is 14.9. The molecule has 0 aromatic heterocycles. The van der Waals surface area contributed by atoms with Crippen molar-refractivity contribution in [2.24, 2.45) is 0 Å². The van der Waals surface area contributed by atoms with Crippen molar-refractivity contribution in [2.75, 3.05) is 6.61 Å². The molecule has 0 heterocycles. The third-order valence-corrected chi connectivity index (χ3v) is 6.60. The molecule has 1 aromatic carbocycles. The van der Waals surface area contributed by atoms with Crippen LogP contribution in [0, 0.1) is 0 Å². The number of hydrogen-bond donors (Lipinski definition) is 2. The Morgan fingerprint density at radius 3 is 2.00 bits per heavy atom. The molecule has 0 aliphatic carbocycles. The highest BCUT2D eigenvalue weighted by Gasteiger charge is 2.24. The number of carbonyl (C=O) groups excluding carboxylic acids is 2. The molecule has 7 heteroatoms. The molecule has 0 aliphatic rings. The summed E-state index contributed by atoms with van der Waals surface area (Å²) in [6.45, 7) is 4.46. The number of benzene rings is 1. The van der Waals surface area contributed by atoms with Gasteiger partial charge in [0.25, 0.3) is 0 Å². The number of rotatable bonds is 24. The third kappa shape index (κ3) is 17.9. The summed E-state index contributed by atoms with van der Waals surface area (Å²) in [4.78, 5) is 36.8. The summed E-state index contributed by atoms with van der Waals surface area (Å²) in [5.74, 6) is -1.88. The Morgan fingerprint density at radius 1 is 0.816 bits per heavy atom. The van der Waals surface area contributed by atoms with Crippen LogP contribution in [-0.2, 0) is 30.5 Å². The lowest BCUT2D eigenvalue weighted by atomic mass is 10.0. The summed E-state index contributed by atoms with van der Waals surface area (Å²) in [7, 11) is 0. The molecular formula is C31H51NO6. The van der Waals surface area contributed by atoms with Gasteiger partial charge >= 0.3 is 11.9 Å². The largest absolute Gasteiger partial charge is 0.480 e. The van der Waals surface area contributed by atoms with E-state index in [9.17, 15) is 19.5 Å². The van der Waals surface area contributed by atoms with Gasteiger partial charge in [-0.05, 0) is 24.8 Å². The van der Waals surface area contributed by atoms with Crippen molar-refractivity contribution >= 4 is 17.8 Å². The van der Waals surface area contributed by atoms with Crippen LogP contribution in [0.3, 0.4) is 0 Å². The van der Waals surface area contributed by atoms with E-state index in [1.807, 2.05) is 30.3 Å². The van der Waals surface area contributed by atoms with Crippen molar-refractivity contribution in [3.05, 3.63) is 35.9 Å². The average Bonchev–Trinajstić information content (AvgIpc) is 2.90. The monoisotopic (exact) mass is 533 g/mol. The first-order valence-corrected chi connectivity index (χ1v) is 14.8. The molecule has 2 N–H and O–H groups in total. The number of unbranched alkanes of at least 4 members (excludes halogenated alkanes) is 11. The third-order valence-electron chi connectivity index (χ3n) is 6.60. The fourth-order valence-corrected chi connectivity index (χ4v) is 4.33. The SMILES string of the molecule is CCCCCCCCCCCC(CC(=O)N[C@@H](COCc1ccccc1)C(=O)O)OC(=O)CCCCCC. The number of amides is 1. The quantitative estimate of drug-likeness (QED) is 0.110. The van der Waals surface area contributed by atoms with Gasteiger partial charge in [-0.2, -0.15) is 0 Å². The van der Waals surface area contributed by atoms with Crippen molar-refractivity contribution in [3.8, 4) is 0 Å². The zero-order chi connectivity index (χ0) is 27.8. The standard InChI is InChI=1S/C31H51NO6/c1-3-5-7-9-10-11-12-13-17-21-27(38-30(34)22-18-8-6-4-2)23-29(33)32-28(31(35)36)25-37-24-26-19-15-14-16-20-26/h14-16,19-20,27-28H,3-13,17-18,21-25H2,1-2H3,(H,32,33)(H,35,36)/t27?,28-/m0/s1. The maximum Gasteiger partial charge on any atom is 0.328 e. The minimum atomic E-state index is -1.16. The van der Waals surface area contributed by atoms with Gasteiger partial charge in [0, 0.05) is 6.42 Å². The van der Waals surface area contributed by atoms with Gasteiger partial charge in [0.15, 0.2) is 6.04 Å². The fourth-order valence-electron chi connectivity index (χ4n) is 4.33. The van der Waals surface area contributed by atoms with Crippen molar-refractivity contribution < 1.29 is 29.0 Å². The summed E-state index contributed by atoms with van der Waals surface area (Å²) in [6, 6.07) is 8.28. The summed E-state index contributed by atoms with van der Waals surface area (Å²) in [5, 5.41) is 12.1. The first-order valence-electron chi connectivity index (χ1n) is 14.8. The highest BCUT2D eigenvalue weighted by Crippen LogP contribution is 2.16. The number of aliphatic carboxylic acids is 1. The van der Waals surface area contributed by atoms with Gasteiger partial charge in [0.05, 0.1) is 19.6 Å². The van der Waals surface area contributed by atoms with Crippen LogP contribution in [0.15, 0.2) is 30.3 Å². The Labute approximate surface area is 230 Å². The van der Waals surface area contributed by atoms with Gasteiger partial charge < -0.3 is 19.9 Å². The molecule has 1 aromatic rings. The zero-order valence-electron chi connectivity index (χ0n) is 23.8. The number of ether oxygens (including phenoxy) is 2. The van der Waals surface area contributed by atoms with E-state index in [-0.39, 0.29) is 25.6 Å². The van der Waals surface area contributed by atoms with Crippen molar-refractivity contribution in [2.45, 2.75) is 135 Å². The molecule has 0 saturated carbocycles. The summed E-state index contributed by atoms with van der Waals surface area (Å²) >= 11 is 0. The van der Waals surface area contributed by atoms with Crippen LogP contribution >= 0.6 is 0 Å². The molecule has 38 heavy (non-hydrogen) atoms. The second-order valence-electron chi connectivity index (χ2n) is 10.2. The molecule has 216 valence electrons. The van der Waals surface area contributed by atoms with E-state index in [2.05, 4.69) is 19.2 Å². The zero-order valence-corrected chi connectivity index (χ0v) is 23.8. The molecule has 0 saturated heterocycles. The van der Waals surface area contributed by atoms with Gasteiger partial charge in [0.1, 0.15) is 6.10 Å². The van der Waals surface area contributed by atoms with Crippen LogP contribution in [0.5, 0.6) is 0 Å². The lowest BCUT2D eigenvalue weighted by molar-refractivity contribution is -0.152. The van der Waals surface area contributed by atoms with Crippen LogP contribution in [0.25, 0.3) is 0 Å². The Balaban J connectivity index is 2.50. The second-order valence-corrected chi connectivity index (χ2v) is 10.2. The maximum atomic E-state index is 12.7. The van der Waals surface area contributed by atoms with Crippen LogP contribution < -0.4 is 5.32 Å². The Hall–Kier alpha value is -2.41. The van der Waals surface area contributed by atoms with Crippen molar-refractivity contribution in [1.82, 2.24) is 5.32 Å². The molecular weight excluding hydrogens is 482 g/mol. The molecule has 0 bridgehead atoms. The maximum absolute atomic E-state index is 12.7. The Kier molecular flexibility index (Phi) is 20.0. The van der Waals surface area contributed by atoms with Crippen LogP contribution in [0.2, 0.25) is 0 Å². The fraction of sp³-hybridized carbons (Fsp3) is 0.710. The molecule has 0 fully saturated rings. The van der Waals surface area contributed by atoms with Crippen LogP contribution in [0.4, 0.5) is 0 Å². The molecule has 1 unspecified atom stereocenters. The van der Waals surface area contributed by atoms with E-state index < -0.39 is 24.0 Å². The molecule has 0 aliphatic heterocycles. The van der Waals surface area contributed by atoms with E-state index in [1.165, 1.54) is 38.5 Å². The van der Waals surface area contributed by atoms with E-state index in [0.29, 0.717) is 12.8 Å². The van der Waals surface area contributed by atoms with Gasteiger partial charge in [-0.15, -0.1) is 0 Å². The number of hydrogen-bond acceptors (Lipinski definition) is 5.